The summed E-state index contributed by atoms with van der Waals surface area (Å²) in [6, 6.07) is -0.673. The van der Waals surface area contributed by atoms with Crippen molar-refractivity contribution in [2.45, 2.75) is 11.6 Å². The summed E-state index contributed by atoms with van der Waals surface area (Å²) in [7, 11) is 0. The fourth-order valence-corrected chi connectivity index (χ4v) is 1.94. The van der Waals surface area contributed by atoms with Gasteiger partial charge in [0.2, 0.25) is 11.5 Å². The van der Waals surface area contributed by atoms with Crippen LogP contribution < -0.4 is 5.73 Å². The van der Waals surface area contributed by atoms with Crippen molar-refractivity contribution in [1.82, 2.24) is 4.90 Å². The monoisotopic (exact) mass is 245 g/mol. The van der Waals surface area contributed by atoms with Crippen molar-refractivity contribution in [1.29, 1.82) is 0 Å². The predicted octanol–water partition coefficient (Wildman–Crippen LogP) is 0.366. The maximum absolute atomic E-state index is 11.2. The van der Waals surface area contributed by atoms with Crippen molar-refractivity contribution < 1.29 is 14.3 Å². The highest BCUT2D eigenvalue weighted by Crippen LogP contribution is 2.29. The van der Waals surface area contributed by atoms with Gasteiger partial charge in [0.15, 0.2) is 11.9 Å². The summed E-state index contributed by atoms with van der Waals surface area (Å²) in [5.74, 6) is 0.0789. The molecule has 92 valence electrons. The molecule has 6 heteroatoms. The minimum absolute atomic E-state index is 0.497. The first-order valence-electron chi connectivity index (χ1n) is 5.41. The van der Waals surface area contributed by atoms with Crippen LogP contribution in [0.2, 0.25) is 0 Å². The third-order valence-electron chi connectivity index (χ3n) is 2.85. The molecule has 0 radical (unpaired) electrons. The fourth-order valence-electron chi connectivity index (χ4n) is 1.94. The minimum Gasteiger partial charge on any atom is -0.477 e. The molecule has 18 heavy (non-hydrogen) atoms. The van der Waals surface area contributed by atoms with Crippen LogP contribution in [-0.2, 0) is 14.3 Å². The molecular weight excluding hydrogens is 234 g/mol. The number of amides is 1. The van der Waals surface area contributed by atoms with E-state index in [1.807, 2.05) is 0 Å². The number of aliphatic imine (C=N–C) groups is 1. The highest BCUT2D eigenvalue weighted by Gasteiger charge is 2.41. The van der Waals surface area contributed by atoms with Crippen molar-refractivity contribution >= 4 is 11.7 Å². The smallest absolute Gasteiger partial charge is 0.246 e. The number of fused-ring (bicyclic) bond motifs is 2. The first kappa shape index (κ1) is 10.6. The first-order valence-corrected chi connectivity index (χ1v) is 5.41. The van der Waals surface area contributed by atoms with Gasteiger partial charge in [-0.2, -0.15) is 0 Å². The molecule has 0 aliphatic carbocycles. The van der Waals surface area contributed by atoms with Gasteiger partial charge in [0.25, 0.3) is 0 Å². The molecule has 3 rings (SSSR count). The van der Waals surface area contributed by atoms with Crippen molar-refractivity contribution in [3.8, 4) is 0 Å². The Morgan fingerprint density at radius 2 is 2.11 bits per heavy atom. The molecule has 3 aliphatic rings. The molecule has 1 unspecified atom stereocenters. The van der Waals surface area contributed by atoms with E-state index in [4.69, 9.17) is 15.2 Å². The molecule has 0 saturated carbocycles. The fraction of sp³-hybridized carbons (Fsp3) is 0.167. The quantitative estimate of drug-likeness (QED) is 0.723. The molecule has 1 atom stereocenters. The van der Waals surface area contributed by atoms with Gasteiger partial charge in [-0.25, -0.2) is 4.99 Å². The van der Waals surface area contributed by atoms with Crippen LogP contribution in [0.1, 0.15) is 0 Å². The molecule has 6 nitrogen and oxygen atoms in total. The Labute approximate surface area is 103 Å². The summed E-state index contributed by atoms with van der Waals surface area (Å²) in [5, 5.41) is 0. The second-order valence-electron chi connectivity index (χ2n) is 3.99. The van der Waals surface area contributed by atoms with Gasteiger partial charge in [-0.1, -0.05) is 0 Å². The van der Waals surface area contributed by atoms with E-state index in [0.29, 0.717) is 5.84 Å². The Balaban J connectivity index is 2.05. The number of nitrogens with two attached hydrogens (primary N) is 1. The average Bonchev–Trinajstić information content (AvgIpc) is 2.40. The van der Waals surface area contributed by atoms with Gasteiger partial charge in [0.1, 0.15) is 6.26 Å². The Bertz CT molecular complexity index is 519. The third-order valence-corrected chi connectivity index (χ3v) is 2.85. The van der Waals surface area contributed by atoms with Crippen molar-refractivity contribution in [2.24, 2.45) is 10.7 Å². The van der Waals surface area contributed by atoms with Gasteiger partial charge in [-0.3, -0.25) is 4.79 Å². The maximum Gasteiger partial charge on any atom is 0.246 e. The van der Waals surface area contributed by atoms with Crippen LogP contribution in [-0.4, -0.2) is 28.3 Å². The van der Waals surface area contributed by atoms with E-state index in [2.05, 4.69) is 4.99 Å². The second-order valence-corrected chi connectivity index (χ2v) is 3.99. The van der Waals surface area contributed by atoms with Crippen LogP contribution in [0.15, 0.2) is 54.4 Å². The Morgan fingerprint density at radius 1 is 1.33 bits per heavy atom. The summed E-state index contributed by atoms with van der Waals surface area (Å²) in [6.45, 7) is 0. The number of carbonyl (C=O) groups is 1. The number of hydrogen-bond acceptors (Lipinski definition) is 5. The van der Waals surface area contributed by atoms with Gasteiger partial charge in [0, 0.05) is 24.6 Å². The highest BCUT2D eigenvalue weighted by molar-refractivity contribution is 6.00. The Morgan fingerprint density at radius 3 is 2.83 bits per heavy atom. The third kappa shape index (κ3) is 1.50. The molecule has 0 aromatic heterocycles. The number of amidine groups is 1. The lowest BCUT2D eigenvalue weighted by Crippen LogP contribution is -2.49. The zero-order valence-corrected chi connectivity index (χ0v) is 9.39. The summed E-state index contributed by atoms with van der Waals surface area (Å²) in [6.07, 6.45) is 13.1. The SMILES string of the molecule is NC(=O)C1C=CN2C=COC3(C=COC=C3)C2=N1. The predicted molar refractivity (Wildman–Crippen MR) is 63.7 cm³/mol. The molecule has 0 fully saturated rings. The Kier molecular flexibility index (Phi) is 2.22. The van der Waals surface area contributed by atoms with Gasteiger partial charge >= 0.3 is 0 Å². The highest BCUT2D eigenvalue weighted by atomic mass is 16.5. The lowest BCUT2D eigenvalue weighted by molar-refractivity contribution is -0.118. The van der Waals surface area contributed by atoms with Crippen LogP contribution in [0.25, 0.3) is 0 Å². The van der Waals surface area contributed by atoms with Crippen LogP contribution in [0.3, 0.4) is 0 Å². The average molecular weight is 245 g/mol. The lowest BCUT2D eigenvalue weighted by atomic mass is 9.98. The van der Waals surface area contributed by atoms with Crippen LogP contribution in [0.5, 0.6) is 0 Å². The standard InChI is InChI=1S/C12H11N3O3/c13-10(16)9-1-4-15-5-8-18-12(11(15)14-9)2-6-17-7-3-12/h1-9H,(H2,13,16). The van der Waals surface area contributed by atoms with Crippen LogP contribution in [0, 0.1) is 0 Å². The van der Waals surface area contributed by atoms with Crippen molar-refractivity contribution in [3.05, 3.63) is 49.4 Å². The molecule has 1 amide bonds. The van der Waals surface area contributed by atoms with Crippen LogP contribution in [0.4, 0.5) is 0 Å². The van der Waals surface area contributed by atoms with Gasteiger partial charge in [-0.05, 0) is 6.08 Å². The minimum atomic E-state index is -0.842. The summed E-state index contributed by atoms with van der Waals surface area (Å²) >= 11 is 0. The molecule has 0 aromatic rings. The molecule has 3 aliphatic heterocycles. The molecule has 3 heterocycles. The number of ether oxygens (including phenoxy) is 2. The number of nitrogens with zero attached hydrogens (tertiary/aromatic N) is 2. The number of hydrogen-bond donors (Lipinski definition) is 1. The zero-order chi connectivity index (χ0) is 12.6. The van der Waals surface area contributed by atoms with Gasteiger partial charge < -0.3 is 20.1 Å². The molecule has 0 aromatic carbocycles. The summed E-state index contributed by atoms with van der Waals surface area (Å²) in [5.41, 5.74) is 4.43. The van der Waals surface area contributed by atoms with E-state index in [1.54, 1.807) is 41.8 Å². The first-order chi connectivity index (χ1) is 8.71. The molecule has 2 N–H and O–H groups in total. The van der Waals surface area contributed by atoms with Gasteiger partial charge in [0.05, 0.1) is 12.5 Å². The van der Waals surface area contributed by atoms with E-state index in [0.717, 1.165) is 0 Å². The molecule has 0 saturated heterocycles. The summed E-state index contributed by atoms with van der Waals surface area (Å²) in [4.78, 5) is 17.3. The topological polar surface area (TPSA) is 77.2 Å². The van der Waals surface area contributed by atoms with Crippen molar-refractivity contribution in [3.63, 3.8) is 0 Å². The molecule has 0 bridgehead atoms. The van der Waals surface area contributed by atoms with Gasteiger partial charge in [-0.15, -0.1) is 0 Å². The van der Waals surface area contributed by atoms with E-state index in [9.17, 15) is 4.79 Å². The Hall–Kier alpha value is -2.50. The molecule has 1 spiro atoms. The van der Waals surface area contributed by atoms with Crippen molar-refractivity contribution in [2.75, 3.05) is 0 Å². The number of rotatable bonds is 1. The summed E-state index contributed by atoms with van der Waals surface area (Å²) < 4.78 is 10.6. The largest absolute Gasteiger partial charge is 0.477 e. The zero-order valence-electron chi connectivity index (χ0n) is 9.39. The number of carbonyl (C=O) groups excluding carboxylic acids is 1. The second kappa shape index (κ2) is 3.76. The van der Waals surface area contributed by atoms with E-state index in [1.165, 1.54) is 12.5 Å². The number of primary amides is 1. The van der Waals surface area contributed by atoms with E-state index < -0.39 is 17.6 Å². The van der Waals surface area contributed by atoms with E-state index >= 15 is 0 Å². The normalized spacial score (nSPS) is 26.3. The van der Waals surface area contributed by atoms with Crippen LogP contribution >= 0.6 is 0 Å². The lowest BCUT2D eigenvalue weighted by Gasteiger charge is -2.38. The molecular formula is C12H11N3O3. The van der Waals surface area contributed by atoms with E-state index in [-0.39, 0.29) is 0 Å². The maximum atomic E-state index is 11.2.